The van der Waals surface area contributed by atoms with Gasteiger partial charge in [0, 0.05) is 5.41 Å². The Morgan fingerprint density at radius 2 is 1.67 bits per heavy atom. The molecule has 4 aliphatic carbocycles. The van der Waals surface area contributed by atoms with Gasteiger partial charge in [0.15, 0.2) is 0 Å². The second-order valence-corrected chi connectivity index (χ2v) is 14.8. The van der Waals surface area contributed by atoms with Crippen molar-refractivity contribution < 1.29 is 0 Å². The predicted molar refractivity (Wildman–Crippen MR) is 144 cm³/mol. The smallest absolute Gasteiger partial charge is 0.0233 e. The Hall–Kier alpha value is -0.700. The summed E-state index contributed by atoms with van der Waals surface area (Å²) in [5, 5.41) is 0. The maximum absolute atomic E-state index is 3.58. The van der Waals surface area contributed by atoms with Crippen LogP contribution in [0.5, 0.6) is 0 Å². The molecule has 8 unspecified atom stereocenters. The third kappa shape index (κ3) is 5.00. The zero-order valence-corrected chi connectivity index (χ0v) is 23.4. The average molecular weight is 451 g/mol. The predicted octanol–water partition coefficient (Wildman–Crippen LogP) is 9.69. The van der Waals surface area contributed by atoms with Gasteiger partial charge in [-0.05, 0) is 130 Å². The molecule has 0 aromatic rings. The number of allylic oxidation sites excluding steroid dienone is 2. The Kier molecular flexibility index (Phi) is 7.23. The second kappa shape index (κ2) is 9.40. The van der Waals surface area contributed by atoms with Crippen molar-refractivity contribution in [3.05, 3.63) is 11.6 Å². The van der Waals surface area contributed by atoms with Crippen LogP contribution in [0.3, 0.4) is 0 Å². The molecule has 186 valence electrons. The summed E-state index contributed by atoms with van der Waals surface area (Å²) in [6.45, 7) is 19.5. The van der Waals surface area contributed by atoms with E-state index in [1.54, 1.807) is 0 Å². The van der Waals surface area contributed by atoms with Crippen LogP contribution in [0.15, 0.2) is 11.6 Å². The van der Waals surface area contributed by atoms with Crippen LogP contribution in [0.4, 0.5) is 0 Å². The summed E-state index contributed by atoms with van der Waals surface area (Å²) in [6.07, 6.45) is 18.4. The molecule has 3 fully saturated rings. The maximum atomic E-state index is 3.58. The van der Waals surface area contributed by atoms with Gasteiger partial charge < -0.3 is 0 Å². The van der Waals surface area contributed by atoms with Crippen LogP contribution < -0.4 is 0 Å². The van der Waals surface area contributed by atoms with Gasteiger partial charge in [-0.25, -0.2) is 0 Å². The number of hydrogen-bond acceptors (Lipinski definition) is 0. The van der Waals surface area contributed by atoms with Gasteiger partial charge in [-0.15, -0.1) is 0 Å². The van der Waals surface area contributed by atoms with Crippen molar-refractivity contribution in [1.29, 1.82) is 0 Å². The molecular formula is C33H54. The van der Waals surface area contributed by atoms with Crippen molar-refractivity contribution in [2.75, 3.05) is 0 Å². The first kappa shape index (κ1) is 25.4. The highest BCUT2D eigenvalue weighted by atomic mass is 14.6. The van der Waals surface area contributed by atoms with E-state index in [0.29, 0.717) is 10.8 Å². The molecule has 0 amide bonds. The van der Waals surface area contributed by atoms with Gasteiger partial charge >= 0.3 is 0 Å². The Balaban J connectivity index is 1.46. The standard InChI is InChI=1S/C33H54/c1-23(2)10-9-11-24(3)28-14-15-29-27-13-12-26-22-25(16-19-31(4,5)6)17-20-32(26,7)30(27)18-21-33(28,29)8/h17,23-24,26-30H,9-15,18,20-22H2,1-8H3. The molecule has 4 aliphatic rings. The fraction of sp³-hybridized carbons (Fsp3) is 0.879. The normalized spacial score (nSPS) is 41.4. The highest BCUT2D eigenvalue weighted by Gasteiger charge is 2.60. The quantitative estimate of drug-likeness (QED) is 0.366. The van der Waals surface area contributed by atoms with Gasteiger partial charge in [0.05, 0.1) is 0 Å². The van der Waals surface area contributed by atoms with E-state index in [1.165, 1.54) is 76.2 Å². The number of rotatable bonds is 5. The molecule has 0 radical (unpaired) electrons. The topological polar surface area (TPSA) is 0 Å². The van der Waals surface area contributed by atoms with E-state index in [0.717, 1.165) is 41.4 Å². The molecule has 0 N–H and O–H groups in total. The lowest BCUT2D eigenvalue weighted by atomic mass is 9.45. The Morgan fingerprint density at radius 1 is 0.939 bits per heavy atom. The lowest BCUT2D eigenvalue weighted by molar-refractivity contribution is -0.101. The largest absolute Gasteiger partial charge is 0.0923 e. The Labute approximate surface area is 207 Å². The lowest BCUT2D eigenvalue weighted by Crippen LogP contribution is -2.52. The molecule has 33 heavy (non-hydrogen) atoms. The second-order valence-electron chi connectivity index (χ2n) is 14.8. The van der Waals surface area contributed by atoms with Gasteiger partial charge in [0.25, 0.3) is 0 Å². The maximum Gasteiger partial charge on any atom is 0.0233 e. The van der Waals surface area contributed by atoms with E-state index in [1.807, 2.05) is 0 Å². The van der Waals surface area contributed by atoms with E-state index in [9.17, 15) is 0 Å². The third-order valence-corrected chi connectivity index (χ3v) is 11.1. The van der Waals surface area contributed by atoms with Gasteiger partial charge in [-0.3, -0.25) is 0 Å². The fourth-order valence-electron chi connectivity index (χ4n) is 9.27. The summed E-state index contributed by atoms with van der Waals surface area (Å²) in [5.41, 5.74) is 2.70. The summed E-state index contributed by atoms with van der Waals surface area (Å²) < 4.78 is 0. The molecule has 0 aromatic heterocycles. The molecule has 0 heterocycles. The van der Waals surface area contributed by atoms with Crippen molar-refractivity contribution in [3.8, 4) is 11.8 Å². The van der Waals surface area contributed by atoms with Gasteiger partial charge in [0.2, 0.25) is 0 Å². The molecule has 0 nitrogen and oxygen atoms in total. The van der Waals surface area contributed by atoms with Crippen molar-refractivity contribution in [2.24, 2.45) is 57.7 Å². The minimum Gasteiger partial charge on any atom is -0.0923 e. The zero-order chi connectivity index (χ0) is 24.0. The first-order chi connectivity index (χ1) is 15.4. The fourth-order valence-corrected chi connectivity index (χ4v) is 9.27. The monoisotopic (exact) mass is 450 g/mol. The highest BCUT2D eigenvalue weighted by molar-refractivity contribution is 5.33. The molecule has 0 spiro atoms. The summed E-state index contributed by atoms with van der Waals surface area (Å²) in [7, 11) is 0. The van der Waals surface area contributed by atoms with Crippen LogP contribution in [-0.4, -0.2) is 0 Å². The minimum absolute atomic E-state index is 0.109. The van der Waals surface area contributed by atoms with Crippen LogP contribution in [-0.2, 0) is 0 Å². The van der Waals surface area contributed by atoms with Crippen LogP contribution >= 0.6 is 0 Å². The van der Waals surface area contributed by atoms with E-state index in [4.69, 9.17) is 0 Å². The minimum atomic E-state index is 0.109. The first-order valence-corrected chi connectivity index (χ1v) is 14.7. The average Bonchev–Trinajstić information content (AvgIpc) is 3.08. The molecule has 0 bridgehead atoms. The lowest BCUT2D eigenvalue weighted by Gasteiger charge is -2.60. The van der Waals surface area contributed by atoms with Crippen LogP contribution in [0.1, 0.15) is 126 Å². The van der Waals surface area contributed by atoms with Crippen molar-refractivity contribution in [2.45, 2.75) is 126 Å². The van der Waals surface area contributed by atoms with Gasteiger partial charge in [-0.1, -0.05) is 71.8 Å². The van der Waals surface area contributed by atoms with Crippen LogP contribution in [0.25, 0.3) is 0 Å². The van der Waals surface area contributed by atoms with Crippen molar-refractivity contribution in [3.63, 3.8) is 0 Å². The van der Waals surface area contributed by atoms with E-state index >= 15 is 0 Å². The summed E-state index contributed by atoms with van der Waals surface area (Å²) in [4.78, 5) is 0. The van der Waals surface area contributed by atoms with Crippen LogP contribution in [0, 0.1) is 69.5 Å². The summed E-state index contributed by atoms with van der Waals surface area (Å²) in [6, 6.07) is 0. The molecule has 0 saturated heterocycles. The molecule has 3 saturated carbocycles. The van der Waals surface area contributed by atoms with Crippen LogP contribution in [0.2, 0.25) is 0 Å². The van der Waals surface area contributed by atoms with Gasteiger partial charge in [0.1, 0.15) is 0 Å². The number of fused-ring (bicyclic) bond motifs is 5. The molecule has 0 aliphatic heterocycles. The SMILES string of the molecule is CC(C)CCCC(C)C1CCC2C3CCC4CC(C#CC(C)(C)C)=CCC4(C)C3CCC12C. The van der Waals surface area contributed by atoms with Crippen molar-refractivity contribution >= 4 is 0 Å². The van der Waals surface area contributed by atoms with E-state index < -0.39 is 0 Å². The van der Waals surface area contributed by atoms with Gasteiger partial charge in [-0.2, -0.15) is 0 Å². The molecule has 4 rings (SSSR count). The molecule has 0 heteroatoms. The Bertz CT molecular complexity index is 781. The van der Waals surface area contributed by atoms with E-state index in [-0.39, 0.29) is 5.41 Å². The van der Waals surface area contributed by atoms with Crippen molar-refractivity contribution in [1.82, 2.24) is 0 Å². The zero-order valence-electron chi connectivity index (χ0n) is 23.4. The molecular weight excluding hydrogens is 396 g/mol. The van der Waals surface area contributed by atoms with E-state index in [2.05, 4.69) is 73.3 Å². The third-order valence-electron chi connectivity index (χ3n) is 11.1. The number of hydrogen-bond donors (Lipinski definition) is 0. The summed E-state index contributed by atoms with van der Waals surface area (Å²) >= 11 is 0. The first-order valence-electron chi connectivity index (χ1n) is 14.7. The highest BCUT2D eigenvalue weighted by Crippen LogP contribution is 2.68. The molecule has 0 aromatic carbocycles. The Morgan fingerprint density at radius 3 is 2.36 bits per heavy atom. The summed E-state index contributed by atoms with van der Waals surface area (Å²) in [5.74, 6) is 13.7. The molecule has 8 atom stereocenters.